The monoisotopic (exact) mass is 346 g/mol. The third kappa shape index (κ3) is 3.48. The maximum atomic E-state index is 8.69. The van der Waals surface area contributed by atoms with E-state index in [0.717, 1.165) is 20.9 Å². The Morgan fingerprint density at radius 3 is 2.44 bits per heavy atom. The van der Waals surface area contributed by atoms with Gasteiger partial charge in [-0.15, -0.1) is 0 Å². The second kappa shape index (κ2) is 6.24. The quantitative estimate of drug-likeness (QED) is 0.910. The lowest BCUT2D eigenvalue weighted by atomic mass is 10.1. The molecule has 0 radical (unpaired) electrons. The molecule has 0 amide bonds. The Balaban J connectivity index is 2.99. The van der Waals surface area contributed by atoms with Gasteiger partial charge in [0.25, 0.3) is 0 Å². The van der Waals surface area contributed by atoms with Crippen LogP contribution in [0, 0.1) is 11.3 Å². The summed E-state index contributed by atoms with van der Waals surface area (Å²) in [5.41, 5.74) is 6.62. The molecule has 0 saturated heterocycles. The molecule has 1 aromatic carbocycles. The van der Waals surface area contributed by atoms with Crippen LogP contribution in [0.3, 0.4) is 0 Å². The van der Waals surface area contributed by atoms with E-state index in [0.29, 0.717) is 12.3 Å². The summed E-state index contributed by atoms with van der Waals surface area (Å²) in [6, 6.07) is 5.93. The maximum Gasteiger partial charge on any atom is 0.181 e. The molecule has 86 valence electrons. The van der Waals surface area contributed by atoms with Crippen molar-refractivity contribution in [3.63, 3.8) is 0 Å². The minimum Gasteiger partial charge on any atom is -0.474 e. The fourth-order valence-electron chi connectivity index (χ4n) is 1.24. The van der Waals surface area contributed by atoms with Gasteiger partial charge in [-0.25, -0.2) is 0 Å². The number of nitrogens with zero attached hydrogens (tertiary/aromatic N) is 1. The van der Waals surface area contributed by atoms with Gasteiger partial charge in [-0.3, -0.25) is 0 Å². The zero-order valence-electron chi connectivity index (χ0n) is 8.84. The van der Waals surface area contributed by atoms with Gasteiger partial charge in [-0.05, 0) is 69.4 Å². The van der Waals surface area contributed by atoms with Crippen molar-refractivity contribution in [3.8, 4) is 11.8 Å². The van der Waals surface area contributed by atoms with Crippen molar-refractivity contribution >= 4 is 31.9 Å². The van der Waals surface area contributed by atoms with Crippen LogP contribution in [-0.2, 0) is 6.42 Å². The predicted octanol–water partition coefficient (Wildman–Crippen LogP) is 3.00. The molecule has 5 heteroatoms. The van der Waals surface area contributed by atoms with Crippen molar-refractivity contribution in [3.05, 3.63) is 26.6 Å². The molecular formula is C11H12Br2N2O. The fourth-order valence-corrected chi connectivity index (χ4v) is 2.71. The van der Waals surface area contributed by atoms with E-state index in [2.05, 4.69) is 31.9 Å². The van der Waals surface area contributed by atoms with E-state index in [9.17, 15) is 0 Å². The molecule has 0 bridgehead atoms. The molecule has 0 fully saturated rings. The average molecular weight is 348 g/mol. The molecule has 0 aromatic heterocycles. The third-order valence-corrected chi connectivity index (χ3v) is 3.15. The van der Waals surface area contributed by atoms with E-state index < -0.39 is 6.10 Å². The van der Waals surface area contributed by atoms with E-state index in [1.807, 2.05) is 18.2 Å². The van der Waals surface area contributed by atoms with E-state index in [4.69, 9.17) is 15.7 Å². The summed E-state index contributed by atoms with van der Waals surface area (Å²) in [5, 5.41) is 8.69. The zero-order chi connectivity index (χ0) is 12.1. The highest BCUT2D eigenvalue weighted by Crippen LogP contribution is 2.35. The maximum absolute atomic E-state index is 8.69. The Labute approximate surface area is 112 Å². The molecule has 0 spiro atoms. The highest BCUT2D eigenvalue weighted by Gasteiger charge is 2.11. The molecule has 1 aromatic rings. The van der Waals surface area contributed by atoms with Gasteiger partial charge in [0.1, 0.15) is 11.8 Å². The normalized spacial score (nSPS) is 11.9. The SMILES string of the molecule is CC(C#N)Oc1c(Br)cc(CCN)cc1Br. The summed E-state index contributed by atoms with van der Waals surface area (Å²) in [5.74, 6) is 0.648. The summed E-state index contributed by atoms with van der Waals surface area (Å²) in [6.45, 7) is 2.31. The molecule has 1 atom stereocenters. The number of nitrogens with two attached hydrogens (primary N) is 1. The number of hydrogen-bond acceptors (Lipinski definition) is 3. The molecule has 2 N–H and O–H groups in total. The first-order valence-corrected chi connectivity index (χ1v) is 6.41. The minimum absolute atomic E-state index is 0.479. The van der Waals surface area contributed by atoms with Crippen LogP contribution in [0.2, 0.25) is 0 Å². The predicted molar refractivity (Wildman–Crippen MR) is 70.3 cm³/mol. The van der Waals surface area contributed by atoms with Gasteiger partial charge < -0.3 is 10.5 Å². The largest absolute Gasteiger partial charge is 0.474 e. The lowest BCUT2D eigenvalue weighted by molar-refractivity contribution is 0.273. The molecule has 0 aliphatic carbocycles. The average Bonchev–Trinajstić information content (AvgIpc) is 2.23. The summed E-state index contributed by atoms with van der Waals surface area (Å²) in [6.07, 6.45) is 0.332. The number of nitriles is 1. The van der Waals surface area contributed by atoms with Gasteiger partial charge in [-0.2, -0.15) is 5.26 Å². The molecule has 0 aliphatic rings. The smallest absolute Gasteiger partial charge is 0.181 e. The Hall–Kier alpha value is -0.570. The van der Waals surface area contributed by atoms with Crippen LogP contribution < -0.4 is 10.5 Å². The van der Waals surface area contributed by atoms with Gasteiger partial charge in [0.15, 0.2) is 6.10 Å². The molecule has 0 aliphatic heterocycles. The standard InChI is InChI=1S/C11H12Br2N2O/c1-7(6-15)16-11-9(12)4-8(2-3-14)5-10(11)13/h4-5,7H,2-3,14H2,1H3. The van der Waals surface area contributed by atoms with Gasteiger partial charge >= 0.3 is 0 Å². The van der Waals surface area contributed by atoms with Crippen LogP contribution >= 0.6 is 31.9 Å². The topological polar surface area (TPSA) is 59.0 Å². The van der Waals surface area contributed by atoms with Crippen molar-refractivity contribution in [1.82, 2.24) is 0 Å². The number of rotatable bonds is 4. The lowest BCUT2D eigenvalue weighted by Gasteiger charge is -2.13. The van der Waals surface area contributed by atoms with Crippen LogP contribution in [0.1, 0.15) is 12.5 Å². The van der Waals surface area contributed by atoms with Crippen LogP contribution in [0.15, 0.2) is 21.1 Å². The van der Waals surface area contributed by atoms with E-state index in [1.165, 1.54) is 0 Å². The minimum atomic E-state index is -0.479. The van der Waals surface area contributed by atoms with Crippen LogP contribution in [0.25, 0.3) is 0 Å². The van der Waals surface area contributed by atoms with Crippen molar-refractivity contribution in [2.75, 3.05) is 6.54 Å². The third-order valence-electron chi connectivity index (χ3n) is 1.97. The van der Waals surface area contributed by atoms with Crippen molar-refractivity contribution in [1.29, 1.82) is 5.26 Å². The van der Waals surface area contributed by atoms with Crippen LogP contribution in [0.4, 0.5) is 0 Å². The van der Waals surface area contributed by atoms with Gasteiger partial charge in [0.05, 0.1) is 8.95 Å². The Morgan fingerprint density at radius 1 is 1.44 bits per heavy atom. The molecular weight excluding hydrogens is 336 g/mol. The Morgan fingerprint density at radius 2 is 2.00 bits per heavy atom. The first-order chi connectivity index (χ1) is 7.58. The Bertz CT molecular complexity index is 392. The Kier molecular flexibility index (Phi) is 5.26. The number of halogens is 2. The summed E-state index contributed by atoms with van der Waals surface area (Å²) < 4.78 is 7.12. The molecule has 1 unspecified atom stereocenters. The molecule has 0 saturated carbocycles. The van der Waals surface area contributed by atoms with Gasteiger partial charge in [0.2, 0.25) is 0 Å². The highest BCUT2D eigenvalue weighted by atomic mass is 79.9. The number of hydrogen-bond donors (Lipinski definition) is 1. The van der Waals surface area contributed by atoms with Crippen molar-refractivity contribution < 1.29 is 4.74 Å². The number of ether oxygens (including phenoxy) is 1. The first kappa shape index (κ1) is 13.5. The van der Waals surface area contributed by atoms with Crippen LogP contribution in [0.5, 0.6) is 5.75 Å². The summed E-state index contributed by atoms with van der Waals surface area (Å²) in [7, 11) is 0. The molecule has 1 rings (SSSR count). The molecule has 16 heavy (non-hydrogen) atoms. The summed E-state index contributed by atoms with van der Waals surface area (Å²) >= 11 is 6.84. The molecule has 0 heterocycles. The van der Waals surface area contributed by atoms with Crippen molar-refractivity contribution in [2.24, 2.45) is 5.73 Å². The first-order valence-electron chi connectivity index (χ1n) is 4.82. The lowest BCUT2D eigenvalue weighted by Crippen LogP contribution is -2.09. The van der Waals surface area contributed by atoms with E-state index in [1.54, 1.807) is 6.92 Å². The second-order valence-corrected chi connectivity index (χ2v) is 5.03. The van der Waals surface area contributed by atoms with E-state index >= 15 is 0 Å². The molecule has 3 nitrogen and oxygen atoms in total. The van der Waals surface area contributed by atoms with Crippen LogP contribution in [-0.4, -0.2) is 12.6 Å². The van der Waals surface area contributed by atoms with Gasteiger partial charge in [-0.1, -0.05) is 0 Å². The van der Waals surface area contributed by atoms with Gasteiger partial charge in [0, 0.05) is 0 Å². The zero-order valence-corrected chi connectivity index (χ0v) is 12.0. The second-order valence-electron chi connectivity index (χ2n) is 3.32. The van der Waals surface area contributed by atoms with Crippen molar-refractivity contribution in [2.45, 2.75) is 19.4 Å². The highest BCUT2D eigenvalue weighted by molar-refractivity contribution is 9.11. The number of benzene rings is 1. The fraction of sp³-hybridized carbons (Fsp3) is 0.364. The van der Waals surface area contributed by atoms with E-state index in [-0.39, 0.29) is 0 Å². The summed E-state index contributed by atoms with van der Waals surface area (Å²) in [4.78, 5) is 0.